The molecule has 0 aromatic heterocycles. The number of amides is 3. The second-order valence-electron chi connectivity index (χ2n) is 5.52. The molecule has 0 atom stereocenters. The predicted octanol–water partition coefficient (Wildman–Crippen LogP) is 2.20. The Morgan fingerprint density at radius 3 is 2.71 bits per heavy atom. The summed E-state index contributed by atoms with van der Waals surface area (Å²) in [6, 6.07) is 4.37. The van der Waals surface area contributed by atoms with E-state index < -0.39 is 17.4 Å². The average molecular weight is 292 g/mol. The molecule has 21 heavy (non-hydrogen) atoms. The van der Waals surface area contributed by atoms with Crippen LogP contribution in [0.15, 0.2) is 18.2 Å². The second kappa shape index (κ2) is 5.02. The molecule has 2 aliphatic rings. The molecule has 1 spiro atoms. The standard InChI is InChI=1S/C15H17FN2O3/c1-21-11-6-4-5-10(12(11)16)9-18-14(20)17-13(19)15(18)7-2-3-8-15/h4-6H,2-3,7-9H2,1H3,(H,17,19,20). The number of halogens is 1. The molecule has 0 unspecified atom stereocenters. The molecule has 1 aromatic rings. The Labute approximate surface area is 122 Å². The van der Waals surface area contributed by atoms with E-state index in [2.05, 4.69) is 5.32 Å². The first-order chi connectivity index (χ1) is 10.1. The number of benzene rings is 1. The smallest absolute Gasteiger partial charge is 0.325 e. The number of carbonyl (C=O) groups is 2. The summed E-state index contributed by atoms with van der Waals surface area (Å²) < 4.78 is 19.2. The summed E-state index contributed by atoms with van der Waals surface area (Å²) in [7, 11) is 1.40. The molecule has 1 aliphatic carbocycles. The zero-order valence-electron chi connectivity index (χ0n) is 11.8. The molecule has 3 rings (SSSR count). The monoisotopic (exact) mass is 292 g/mol. The minimum Gasteiger partial charge on any atom is -0.494 e. The molecule has 1 N–H and O–H groups in total. The number of urea groups is 1. The van der Waals surface area contributed by atoms with Gasteiger partial charge in [-0.05, 0) is 18.9 Å². The van der Waals surface area contributed by atoms with Crippen LogP contribution in [0.25, 0.3) is 0 Å². The van der Waals surface area contributed by atoms with E-state index in [1.54, 1.807) is 12.1 Å². The van der Waals surface area contributed by atoms with E-state index >= 15 is 0 Å². The van der Waals surface area contributed by atoms with Gasteiger partial charge in [0.1, 0.15) is 5.54 Å². The summed E-state index contributed by atoms with van der Waals surface area (Å²) in [5, 5.41) is 2.36. The fourth-order valence-corrected chi connectivity index (χ4v) is 3.28. The number of imide groups is 1. The Hall–Kier alpha value is -2.11. The fourth-order valence-electron chi connectivity index (χ4n) is 3.28. The van der Waals surface area contributed by atoms with Crippen molar-refractivity contribution in [3.63, 3.8) is 0 Å². The van der Waals surface area contributed by atoms with Crippen molar-refractivity contribution >= 4 is 11.9 Å². The first kappa shape index (κ1) is 13.9. The summed E-state index contributed by atoms with van der Waals surface area (Å²) in [5.41, 5.74) is -0.447. The average Bonchev–Trinajstić information content (AvgIpc) is 3.03. The third-order valence-electron chi connectivity index (χ3n) is 4.43. The van der Waals surface area contributed by atoms with Crippen LogP contribution in [0.2, 0.25) is 0 Å². The van der Waals surface area contributed by atoms with E-state index in [9.17, 15) is 14.0 Å². The van der Waals surface area contributed by atoms with Crippen LogP contribution >= 0.6 is 0 Å². The zero-order valence-corrected chi connectivity index (χ0v) is 11.8. The van der Waals surface area contributed by atoms with Crippen LogP contribution in [0.4, 0.5) is 9.18 Å². The van der Waals surface area contributed by atoms with E-state index in [1.165, 1.54) is 18.1 Å². The summed E-state index contributed by atoms with van der Waals surface area (Å²) in [4.78, 5) is 25.7. The molecule has 1 aliphatic heterocycles. The van der Waals surface area contributed by atoms with Crippen LogP contribution in [0, 0.1) is 5.82 Å². The maximum atomic E-state index is 14.3. The number of methoxy groups -OCH3 is 1. The SMILES string of the molecule is COc1cccc(CN2C(=O)NC(=O)C23CCCC3)c1F. The molecular weight excluding hydrogens is 275 g/mol. The lowest BCUT2D eigenvalue weighted by molar-refractivity contribution is -0.126. The molecule has 0 bridgehead atoms. The van der Waals surface area contributed by atoms with Gasteiger partial charge in [0, 0.05) is 5.56 Å². The highest BCUT2D eigenvalue weighted by atomic mass is 19.1. The van der Waals surface area contributed by atoms with Crippen molar-refractivity contribution in [1.29, 1.82) is 0 Å². The highest BCUT2D eigenvalue weighted by Crippen LogP contribution is 2.39. The van der Waals surface area contributed by atoms with Gasteiger partial charge in [-0.3, -0.25) is 10.1 Å². The molecule has 1 saturated carbocycles. The van der Waals surface area contributed by atoms with Gasteiger partial charge < -0.3 is 9.64 Å². The highest BCUT2D eigenvalue weighted by Gasteiger charge is 2.54. The first-order valence-electron chi connectivity index (χ1n) is 7.03. The van der Waals surface area contributed by atoms with E-state index in [4.69, 9.17) is 4.74 Å². The number of hydrogen-bond donors (Lipinski definition) is 1. The number of nitrogens with one attached hydrogen (secondary N) is 1. The molecular formula is C15H17FN2O3. The van der Waals surface area contributed by atoms with Gasteiger partial charge in [0.15, 0.2) is 11.6 Å². The fraction of sp³-hybridized carbons (Fsp3) is 0.467. The van der Waals surface area contributed by atoms with E-state index in [0.29, 0.717) is 18.4 Å². The van der Waals surface area contributed by atoms with E-state index in [-0.39, 0.29) is 18.2 Å². The van der Waals surface area contributed by atoms with Crippen LogP contribution in [0.5, 0.6) is 5.75 Å². The second-order valence-corrected chi connectivity index (χ2v) is 5.52. The van der Waals surface area contributed by atoms with Crippen LogP contribution in [-0.4, -0.2) is 29.5 Å². The predicted molar refractivity (Wildman–Crippen MR) is 73.2 cm³/mol. The van der Waals surface area contributed by atoms with Crippen molar-refractivity contribution in [2.24, 2.45) is 0 Å². The maximum absolute atomic E-state index is 14.3. The van der Waals surface area contributed by atoms with Crippen molar-refractivity contribution in [2.45, 2.75) is 37.8 Å². The van der Waals surface area contributed by atoms with Crippen LogP contribution in [-0.2, 0) is 11.3 Å². The Morgan fingerprint density at radius 1 is 1.33 bits per heavy atom. The van der Waals surface area contributed by atoms with Gasteiger partial charge in [-0.15, -0.1) is 0 Å². The van der Waals surface area contributed by atoms with Crippen molar-refractivity contribution in [1.82, 2.24) is 10.2 Å². The number of rotatable bonds is 3. The van der Waals surface area contributed by atoms with Gasteiger partial charge in [0.25, 0.3) is 5.91 Å². The van der Waals surface area contributed by atoms with Gasteiger partial charge in [-0.2, -0.15) is 0 Å². The summed E-state index contributed by atoms with van der Waals surface area (Å²) in [6.45, 7) is 0.0700. The van der Waals surface area contributed by atoms with Crippen LogP contribution in [0.3, 0.4) is 0 Å². The number of carbonyl (C=O) groups excluding carboxylic acids is 2. The van der Waals surface area contributed by atoms with Gasteiger partial charge >= 0.3 is 6.03 Å². The minimum atomic E-state index is -0.799. The number of hydrogen-bond acceptors (Lipinski definition) is 3. The molecule has 5 nitrogen and oxygen atoms in total. The van der Waals surface area contributed by atoms with Gasteiger partial charge in [-0.1, -0.05) is 25.0 Å². The number of nitrogens with zero attached hydrogens (tertiary/aromatic N) is 1. The quantitative estimate of drug-likeness (QED) is 0.869. The van der Waals surface area contributed by atoms with Crippen molar-refractivity contribution in [3.05, 3.63) is 29.6 Å². The van der Waals surface area contributed by atoms with E-state index in [1.807, 2.05) is 0 Å². The Bertz CT molecular complexity index is 597. The van der Waals surface area contributed by atoms with Gasteiger partial charge in [-0.25, -0.2) is 9.18 Å². The molecule has 6 heteroatoms. The third-order valence-corrected chi connectivity index (χ3v) is 4.43. The normalized spacial score (nSPS) is 20.2. The lowest BCUT2D eigenvalue weighted by Crippen LogP contribution is -2.46. The summed E-state index contributed by atoms with van der Waals surface area (Å²) >= 11 is 0. The van der Waals surface area contributed by atoms with E-state index in [0.717, 1.165) is 12.8 Å². The Kier molecular flexibility index (Phi) is 3.31. The van der Waals surface area contributed by atoms with Gasteiger partial charge in [0.05, 0.1) is 13.7 Å². The Balaban J connectivity index is 1.93. The first-order valence-corrected chi connectivity index (χ1v) is 7.03. The molecule has 2 fully saturated rings. The lowest BCUT2D eigenvalue weighted by atomic mass is 9.95. The number of ether oxygens (including phenoxy) is 1. The van der Waals surface area contributed by atoms with Crippen LogP contribution < -0.4 is 10.1 Å². The summed E-state index contributed by atoms with van der Waals surface area (Å²) in [6.07, 6.45) is 3.07. The Morgan fingerprint density at radius 2 is 2.05 bits per heavy atom. The maximum Gasteiger partial charge on any atom is 0.325 e. The van der Waals surface area contributed by atoms with Crippen molar-refractivity contribution in [2.75, 3.05) is 7.11 Å². The molecule has 3 amide bonds. The minimum absolute atomic E-state index is 0.0700. The van der Waals surface area contributed by atoms with Crippen molar-refractivity contribution < 1.29 is 18.7 Å². The van der Waals surface area contributed by atoms with Gasteiger partial charge in [0.2, 0.25) is 0 Å². The molecule has 112 valence electrons. The topological polar surface area (TPSA) is 58.6 Å². The largest absolute Gasteiger partial charge is 0.494 e. The third kappa shape index (κ3) is 2.05. The lowest BCUT2D eigenvalue weighted by Gasteiger charge is -2.31. The van der Waals surface area contributed by atoms with Crippen molar-refractivity contribution in [3.8, 4) is 5.75 Å². The summed E-state index contributed by atoms with van der Waals surface area (Å²) in [5.74, 6) is -0.604. The zero-order chi connectivity index (χ0) is 15.0. The molecule has 0 radical (unpaired) electrons. The molecule has 1 aromatic carbocycles. The molecule has 1 saturated heterocycles. The highest BCUT2D eigenvalue weighted by molar-refractivity contribution is 6.07. The van der Waals surface area contributed by atoms with Crippen LogP contribution in [0.1, 0.15) is 31.2 Å². The molecule has 1 heterocycles.